The van der Waals surface area contributed by atoms with Crippen LogP contribution < -0.4 is 0 Å². The molecule has 0 rings (SSSR count). The maximum atomic E-state index is 12.7. The second kappa shape index (κ2) is 45.8. The Balaban J connectivity index is 4.55. The molecule has 0 aromatic carbocycles. The molecule has 6 heteroatoms. The van der Waals surface area contributed by atoms with Gasteiger partial charge in [-0.15, -0.1) is 0 Å². The number of allylic oxidation sites excluding steroid dienone is 18. The number of rotatable bonds is 39. The molecule has 0 spiro atoms. The zero-order chi connectivity index (χ0) is 42.3. The maximum Gasteiger partial charge on any atom is 0.306 e. The summed E-state index contributed by atoms with van der Waals surface area (Å²) < 4.78 is 16.6. The molecule has 326 valence electrons. The Labute approximate surface area is 355 Å². The third kappa shape index (κ3) is 43.2. The van der Waals surface area contributed by atoms with Crippen molar-refractivity contribution < 1.29 is 28.6 Å². The van der Waals surface area contributed by atoms with E-state index in [0.717, 1.165) is 96.3 Å². The van der Waals surface area contributed by atoms with Gasteiger partial charge >= 0.3 is 17.9 Å². The molecule has 0 aliphatic rings. The summed E-state index contributed by atoms with van der Waals surface area (Å²) in [6, 6.07) is 0. The fourth-order valence-electron chi connectivity index (χ4n) is 5.61. The van der Waals surface area contributed by atoms with Gasteiger partial charge in [-0.25, -0.2) is 0 Å². The van der Waals surface area contributed by atoms with Crippen molar-refractivity contribution in [3.05, 3.63) is 109 Å². The summed E-state index contributed by atoms with van der Waals surface area (Å²) >= 11 is 0. The lowest BCUT2D eigenvalue weighted by molar-refractivity contribution is -0.167. The molecular weight excluding hydrogens is 721 g/mol. The predicted molar refractivity (Wildman–Crippen MR) is 247 cm³/mol. The van der Waals surface area contributed by atoms with Crippen LogP contribution in [-0.4, -0.2) is 37.2 Å². The second-order valence-electron chi connectivity index (χ2n) is 14.5. The molecule has 6 nitrogen and oxygen atoms in total. The second-order valence-corrected chi connectivity index (χ2v) is 14.5. The molecule has 0 saturated carbocycles. The summed E-state index contributed by atoms with van der Waals surface area (Å²) in [5.41, 5.74) is 0. The molecule has 0 saturated heterocycles. The molecule has 1 unspecified atom stereocenters. The minimum atomic E-state index is -0.825. The number of carbonyl (C=O) groups is 3. The zero-order valence-electron chi connectivity index (χ0n) is 37.0. The first-order chi connectivity index (χ1) is 28.5. The molecule has 0 amide bonds. The van der Waals surface area contributed by atoms with Gasteiger partial charge in [0.2, 0.25) is 0 Å². The summed E-state index contributed by atoms with van der Waals surface area (Å²) in [4.78, 5) is 37.7. The SMILES string of the molecule is CC/C=C\C/C=C\C/C=C\C/C=C\C/C=C\CCCC(=O)OCC(COC(=O)CCC/C=C\C/C=C\C/C=C\CC)OC(=O)CCCCCCC/C=C\CCCCC. The topological polar surface area (TPSA) is 78.9 Å². The third-order valence-corrected chi connectivity index (χ3v) is 8.99. The molecule has 0 aliphatic carbocycles. The van der Waals surface area contributed by atoms with Gasteiger partial charge in [0.1, 0.15) is 13.2 Å². The van der Waals surface area contributed by atoms with E-state index in [1.54, 1.807) is 0 Å². The maximum absolute atomic E-state index is 12.7. The van der Waals surface area contributed by atoms with Gasteiger partial charge < -0.3 is 14.2 Å². The Bertz CT molecular complexity index is 1240. The Kier molecular flexibility index (Phi) is 42.7. The van der Waals surface area contributed by atoms with E-state index < -0.39 is 6.10 Å². The first-order valence-electron chi connectivity index (χ1n) is 22.9. The van der Waals surface area contributed by atoms with Crippen LogP contribution in [0.2, 0.25) is 0 Å². The van der Waals surface area contributed by atoms with Crippen LogP contribution in [-0.2, 0) is 28.6 Å². The van der Waals surface area contributed by atoms with E-state index in [-0.39, 0.29) is 44.0 Å². The monoisotopic (exact) mass is 803 g/mol. The summed E-state index contributed by atoms with van der Waals surface area (Å²) in [5.74, 6) is -1.06. The first kappa shape index (κ1) is 54.1. The van der Waals surface area contributed by atoms with Crippen LogP contribution in [0, 0.1) is 0 Å². The minimum Gasteiger partial charge on any atom is -0.462 e. The summed E-state index contributed by atoms with van der Waals surface area (Å²) in [6.07, 6.45) is 60.9. The predicted octanol–water partition coefficient (Wildman–Crippen LogP) is 14.8. The van der Waals surface area contributed by atoms with Crippen LogP contribution in [0.1, 0.15) is 181 Å². The average molecular weight is 803 g/mol. The van der Waals surface area contributed by atoms with E-state index in [2.05, 4.69) is 130 Å². The highest BCUT2D eigenvalue weighted by Crippen LogP contribution is 2.11. The average Bonchev–Trinajstić information content (AvgIpc) is 3.22. The van der Waals surface area contributed by atoms with Gasteiger partial charge in [-0.05, 0) is 109 Å². The van der Waals surface area contributed by atoms with Crippen LogP contribution in [0.5, 0.6) is 0 Å². The Hall–Kier alpha value is -3.93. The van der Waals surface area contributed by atoms with Gasteiger partial charge in [0.25, 0.3) is 0 Å². The van der Waals surface area contributed by atoms with Gasteiger partial charge in [0.05, 0.1) is 0 Å². The number of carbonyl (C=O) groups excluding carboxylic acids is 3. The van der Waals surface area contributed by atoms with Crippen LogP contribution >= 0.6 is 0 Å². The number of hydrogen-bond acceptors (Lipinski definition) is 6. The highest BCUT2D eigenvalue weighted by atomic mass is 16.6. The number of hydrogen-bond donors (Lipinski definition) is 0. The molecule has 0 aliphatic heterocycles. The van der Waals surface area contributed by atoms with Gasteiger partial charge in [0, 0.05) is 19.3 Å². The molecule has 0 aromatic rings. The van der Waals surface area contributed by atoms with Crippen LogP contribution in [0.25, 0.3) is 0 Å². The lowest BCUT2D eigenvalue weighted by Crippen LogP contribution is -2.30. The lowest BCUT2D eigenvalue weighted by atomic mass is 10.1. The van der Waals surface area contributed by atoms with Gasteiger partial charge in [-0.3, -0.25) is 14.4 Å². The summed E-state index contributed by atoms with van der Waals surface area (Å²) in [6.45, 7) is 6.24. The Morgan fingerprint density at radius 2 is 0.690 bits per heavy atom. The number of esters is 3. The fraction of sp³-hybridized carbons (Fsp3) is 0.596. The molecule has 1 atom stereocenters. The summed E-state index contributed by atoms with van der Waals surface area (Å²) in [7, 11) is 0. The van der Waals surface area contributed by atoms with Crippen molar-refractivity contribution in [1.29, 1.82) is 0 Å². The van der Waals surface area contributed by atoms with Crippen LogP contribution in [0.3, 0.4) is 0 Å². The quantitative estimate of drug-likeness (QED) is 0.0267. The molecule has 58 heavy (non-hydrogen) atoms. The van der Waals surface area contributed by atoms with E-state index in [1.807, 2.05) is 0 Å². The zero-order valence-corrected chi connectivity index (χ0v) is 37.0. The van der Waals surface area contributed by atoms with E-state index in [9.17, 15) is 14.4 Å². The van der Waals surface area contributed by atoms with E-state index in [4.69, 9.17) is 14.2 Å². The van der Waals surface area contributed by atoms with Crippen LogP contribution in [0.15, 0.2) is 109 Å². The van der Waals surface area contributed by atoms with Crippen molar-refractivity contribution in [3.8, 4) is 0 Å². The van der Waals surface area contributed by atoms with E-state index in [0.29, 0.717) is 19.3 Å². The molecule has 0 aromatic heterocycles. The van der Waals surface area contributed by atoms with Crippen molar-refractivity contribution in [2.24, 2.45) is 0 Å². The molecule has 0 heterocycles. The lowest BCUT2D eigenvalue weighted by Gasteiger charge is -2.18. The first-order valence-corrected chi connectivity index (χ1v) is 22.9. The van der Waals surface area contributed by atoms with Gasteiger partial charge in [0.15, 0.2) is 6.10 Å². The smallest absolute Gasteiger partial charge is 0.306 e. The molecule has 0 radical (unpaired) electrons. The van der Waals surface area contributed by atoms with Crippen molar-refractivity contribution in [3.63, 3.8) is 0 Å². The largest absolute Gasteiger partial charge is 0.462 e. The standard InChI is InChI=1S/C52H82O6/c1-4-7-10-13-16-19-22-24-25-26-27-28-31-33-36-39-42-45-51(54)57-48-49(47-56-50(53)44-41-38-35-32-29-21-18-15-12-9-6-3)58-52(55)46-43-40-37-34-30-23-20-17-14-11-8-5-2/h7,9-10,12,16-21,24-25,27-28,32-33,35-36,49H,4-6,8,11,13-15,22-23,26,29-31,34,37-48H2,1-3H3/b10-7-,12-9-,19-16-,20-17-,21-18-,25-24-,28-27-,35-32-,36-33-. The minimum absolute atomic E-state index is 0.128. The Morgan fingerprint density at radius 3 is 1.12 bits per heavy atom. The highest BCUT2D eigenvalue weighted by Gasteiger charge is 2.19. The molecule has 0 N–H and O–H groups in total. The molecular formula is C52H82O6. The van der Waals surface area contributed by atoms with Crippen LogP contribution in [0.4, 0.5) is 0 Å². The normalized spacial score (nSPS) is 13.1. The third-order valence-electron chi connectivity index (χ3n) is 8.99. The van der Waals surface area contributed by atoms with E-state index in [1.165, 1.54) is 32.1 Å². The van der Waals surface area contributed by atoms with Crippen molar-refractivity contribution in [2.75, 3.05) is 13.2 Å². The highest BCUT2D eigenvalue weighted by molar-refractivity contribution is 5.71. The molecule has 0 fully saturated rings. The van der Waals surface area contributed by atoms with Gasteiger partial charge in [-0.2, -0.15) is 0 Å². The summed E-state index contributed by atoms with van der Waals surface area (Å²) in [5, 5.41) is 0. The van der Waals surface area contributed by atoms with Gasteiger partial charge in [-0.1, -0.05) is 162 Å². The Morgan fingerprint density at radius 1 is 0.362 bits per heavy atom. The number of ether oxygens (including phenoxy) is 3. The van der Waals surface area contributed by atoms with Crippen molar-refractivity contribution >= 4 is 17.9 Å². The van der Waals surface area contributed by atoms with E-state index >= 15 is 0 Å². The van der Waals surface area contributed by atoms with Crippen molar-refractivity contribution in [2.45, 2.75) is 187 Å². The molecule has 0 bridgehead atoms. The fourth-order valence-corrected chi connectivity index (χ4v) is 5.61. The number of unbranched alkanes of at least 4 members (excludes halogenated alkanes) is 10. The van der Waals surface area contributed by atoms with Crippen molar-refractivity contribution in [1.82, 2.24) is 0 Å².